The molecule has 0 bridgehead atoms. The van der Waals surface area contributed by atoms with Crippen molar-refractivity contribution < 1.29 is 9.47 Å². The van der Waals surface area contributed by atoms with Gasteiger partial charge in [-0.1, -0.05) is 6.08 Å². The van der Waals surface area contributed by atoms with E-state index in [4.69, 9.17) is 9.47 Å². The minimum Gasteiger partial charge on any atom is -0.497 e. The number of hydrogen-bond acceptors (Lipinski definition) is 2. The van der Waals surface area contributed by atoms with E-state index in [1.165, 1.54) is 5.69 Å². The van der Waals surface area contributed by atoms with Crippen molar-refractivity contribution in [1.29, 1.82) is 0 Å². The van der Waals surface area contributed by atoms with E-state index in [0.29, 0.717) is 12.5 Å². The second kappa shape index (κ2) is 4.61. The Kier molecular flexibility index (Phi) is 2.81. The Hall–Kier alpha value is -2.16. The fourth-order valence-electron chi connectivity index (χ4n) is 2.15. The third kappa shape index (κ3) is 1.99. The summed E-state index contributed by atoms with van der Waals surface area (Å²) in [5, 5.41) is 0. The van der Waals surface area contributed by atoms with Crippen LogP contribution in [0.25, 0.3) is 6.20 Å². The van der Waals surface area contributed by atoms with E-state index in [2.05, 4.69) is 35.2 Å². The van der Waals surface area contributed by atoms with Crippen molar-refractivity contribution in [2.75, 3.05) is 13.7 Å². The van der Waals surface area contributed by atoms with E-state index in [9.17, 15) is 0 Å². The first-order chi connectivity index (χ1) is 8.86. The number of methoxy groups -OCH3 is 1. The summed E-state index contributed by atoms with van der Waals surface area (Å²) in [5.74, 6) is 2.05. The van der Waals surface area contributed by atoms with Crippen LogP contribution < -0.4 is 9.47 Å². The Balaban J connectivity index is 1.63. The molecular weight excluding hydrogens is 226 g/mol. The summed E-state index contributed by atoms with van der Waals surface area (Å²) in [5.41, 5.74) is 1.28. The van der Waals surface area contributed by atoms with Crippen LogP contribution in [-0.2, 0) is 0 Å². The third-order valence-corrected chi connectivity index (χ3v) is 3.16. The standard InChI is InChI=1S/C15H15NO2/c1-17-13-4-6-14(7-5-13)18-11-12-8-10-16-9-2-3-15(12)16/h2-10,12H,11H2,1H3. The molecule has 0 saturated heterocycles. The summed E-state index contributed by atoms with van der Waals surface area (Å²) < 4.78 is 13.0. The second-order valence-corrected chi connectivity index (χ2v) is 4.27. The van der Waals surface area contributed by atoms with Crippen molar-refractivity contribution in [3.63, 3.8) is 0 Å². The molecule has 1 aliphatic heterocycles. The molecule has 1 atom stereocenters. The molecule has 0 saturated carbocycles. The lowest BCUT2D eigenvalue weighted by molar-refractivity contribution is 0.305. The minimum absolute atomic E-state index is 0.335. The van der Waals surface area contributed by atoms with Gasteiger partial charge in [-0.05, 0) is 36.4 Å². The molecule has 92 valence electrons. The molecule has 0 N–H and O–H groups in total. The second-order valence-electron chi connectivity index (χ2n) is 4.27. The van der Waals surface area contributed by atoms with Gasteiger partial charge in [-0.15, -0.1) is 0 Å². The Morgan fingerprint density at radius 3 is 2.67 bits per heavy atom. The van der Waals surface area contributed by atoms with Crippen LogP contribution in [0.5, 0.6) is 11.5 Å². The molecule has 0 aliphatic carbocycles. The molecule has 0 amide bonds. The topological polar surface area (TPSA) is 23.4 Å². The van der Waals surface area contributed by atoms with Gasteiger partial charge in [-0.3, -0.25) is 0 Å². The zero-order chi connectivity index (χ0) is 12.4. The van der Waals surface area contributed by atoms with Gasteiger partial charge >= 0.3 is 0 Å². The molecule has 2 heterocycles. The summed E-state index contributed by atoms with van der Waals surface area (Å²) in [7, 11) is 1.66. The monoisotopic (exact) mass is 241 g/mol. The predicted octanol–water partition coefficient (Wildman–Crippen LogP) is 3.14. The molecule has 1 aromatic heterocycles. The molecule has 0 fully saturated rings. The van der Waals surface area contributed by atoms with Crippen molar-refractivity contribution >= 4 is 6.20 Å². The van der Waals surface area contributed by atoms with Crippen LogP contribution in [0.2, 0.25) is 0 Å². The van der Waals surface area contributed by atoms with Crippen LogP contribution in [0, 0.1) is 0 Å². The SMILES string of the molecule is COc1ccc(OCC2C=Cn3cccc32)cc1. The lowest BCUT2D eigenvalue weighted by Gasteiger charge is -2.11. The maximum absolute atomic E-state index is 5.80. The highest BCUT2D eigenvalue weighted by Gasteiger charge is 2.17. The maximum atomic E-state index is 5.80. The first-order valence-corrected chi connectivity index (χ1v) is 5.99. The summed E-state index contributed by atoms with van der Waals surface area (Å²) in [6, 6.07) is 11.8. The quantitative estimate of drug-likeness (QED) is 0.821. The number of ether oxygens (including phenoxy) is 2. The molecule has 1 aromatic carbocycles. The largest absolute Gasteiger partial charge is 0.497 e. The summed E-state index contributed by atoms with van der Waals surface area (Å²) in [6.45, 7) is 0.660. The van der Waals surface area contributed by atoms with E-state index in [-0.39, 0.29) is 0 Å². The zero-order valence-electron chi connectivity index (χ0n) is 10.2. The molecular formula is C15H15NO2. The Morgan fingerprint density at radius 2 is 1.89 bits per heavy atom. The van der Waals surface area contributed by atoms with E-state index in [0.717, 1.165) is 11.5 Å². The number of nitrogens with zero attached hydrogens (tertiary/aromatic N) is 1. The van der Waals surface area contributed by atoms with E-state index in [1.807, 2.05) is 24.3 Å². The Labute approximate surface area is 106 Å². The van der Waals surface area contributed by atoms with Gasteiger partial charge < -0.3 is 14.0 Å². The van der Waals surface area contributed by atoms with E-state index >= 15 is 0 Å². The van der Waals surface area contributed by atoms with E-state index in [1.54, 1.807) is 7.11 Å². The van der Waals surface area contributed by atoms with Crippen molar-refractivity contribution in [3.8, 4) is 11.5 Å². The lowest BCUT2D eigenvalue weighted by Crippen LogP contribution is -2.07. The molecule has 0 spiro atoms. The van der Waals surface area contributed by atoms with Gasteiger partial charge in [0, 0.05) is 18.1 Å². The van der Waals surface area contributed by atoms with Crippen molar-refractivity contribution in [2.45, 2.75) is 5.92 Å². The average Bonchev–Trinajstić information content (AvgIpc) is 3.00. The molecule has 18 heavy (non-hydrogen) atoms. The number of rotatable bonds is 4. The molecule has 0 radical (unpaired) electrons. The smallest absolute Gasteiger partial charge is 0.119 e. The summed E-state index contributed by atoms with van der Waals surface area (Å²) >= 11 is 0. The Morgan fingerprint density at radius 1 is 1.11 bits per heavy atom. The van der Waals surface area contributed by atoms with Crippen LogP contribution >= 0.6 is 0 Å². The highest BCUT2D eigenvalue weighted by molar-refractivity contribution is 5.41. The summed E-state index contributed by atoms with van der Waals surface area (Å²) in [4.78, 5) is 0. The number of fused-ring (bicyclic) bond motifs is 1. The number of benzene rings is 1. The van der Waals surface area contributed by atoms with Crippen molar-refractivity contribution in [2.24, 2.45) is 0 Å². The molecule has 1 unspecified atom stereocenters. The van der Waals surface area contributed by atoms with Gasteiger partial charge in [-0.25, -0.2) is 0 Å². The first-order valence-electron chi connectivity index (χ1n) is 5.99. The molecule has 1 aliphatic rings. The number of hydrogen-bond donors (Lipinski definition) is 0. The van der Waals surface area contributed by atoms with Crippen LogP contribution in [0.3, 0.4) is 0 Å². The van der Waals surface area contributed by atoms with Crippen LogP contribution in [0.4, 0.5) is 0 Å². The van der Waals surface area contributed by atoms with Crippen molar-refractivity contribution in [3.05, 3.63) is 54.4 Å². The molecule has 2 aromatic rings. The molecule has 3 heteroatoms. The Bertz CT molecular complexity index is 554. The minimum atomic E-state index is 0.335. The highest BCUT2D eigenvalue weighted by Crippen LogP contribution is 2.26. The molecule has 3 nitrogen and oxygen atoms in total. The molecule has 3 rings (SSSR count). The fourth-order valence-corrected chi connectivity index (χ4v) is 2.15. The third-order valence-electron chi connectivity index (χ3n) is 3.16. The lowest BCUT2D eigenvalue weighted by atomic mass is 10.1. The van der Waals surface area contributed by atoms with Crippen molar-refractivity contribution in [1.82, 2.24) is 4.57 Å². The highest BCUT2D eigenvalue weighted by atomic mass is 16.5. The fraction of sp³-hybridized carbons (Fsp3) is 0.200. The van der Waals surface area contributed by atoms with Gasteiger partial charge in [-0.2, -0.15) is 0 Å². The summed E-state index contributed by atoms with van der Waals surface area (Å²) in [6.07, 6.45) is 6.30. The van der Waals surface area contributed by atoms with Crippen LogP contribution in [-0.4, -0.2) is 18.3 Å². The predicted molar refractivity (Wildman–Crippen MR) is 71.0 cm³/mol. The van der Waals surface area contributed by atoms with Crippen LogP contribution in [0.15, 0.2) is 48.7 Å². The average molecular weight is 241 g/mol. The van der Waals surface area contributed by atoms with Gasteiger partial charge in [0.05, 0.1) is 13.0 Å². The van der Waals surface area contributed by atoms with E-state index < -0.39 is 0 Å². The first kappa shape index (κ1) is 11.0. The zero-order valence-corrected chi connectivity index (χ0v) is 10.2. The van der Waals surface area contributed by atoms with Crippen LogP contribution in [0.1, 0.15) is 11.6 Å². The van der Waals surface area contributed by atoms with Gasteiger partial charge in [0.25, 0.3) is 0 Å². The van der Waals surface area contributed by atoms with Gasteiger partial charge in [0.15, 0.2) is 0 Å². The normalized spacial score (nSPS) is 16.6. The number of aromatic nitrogens is 1. The maximum Gasteiger partial charge on any atom is 0.119 e. The van der Waals surface area contributed by atoms with Gasteiger partial charge in [0.2, 0.25) is 0 Å². The van der Waals surface area contributed by atoms with Gasteiger partial charge in [0.1, 0.15) is 18.1 Å².